The van der Waals surface area contributed by atoms with Gasteiger partial charge in [-0.1, -0.05) is 6.07 Å². The first kappa shape index (κ1) is 13.8. The number of aromatic nitrogens is 3. The van der Waals surface area contributed by atoms with Gasteiger partial charge in [-0.15, -0.1) is 10.2 Å². The molecule has 0 unspecified atom stereocenters. The summed E-state index contributed by atoms with van der Waals surface area (Å²) in [6.07, 6.45) is 4.20. The van der Waals surface area contributed by atoms with Crippen LogP contribution in [0.3, 0.4) is 0 Å². The number of nitrogens with zero attached hydrogens (tertiary/aromatic N) is 4. The summed E-state index contributed by atoms with van der Waals surface area (Å²) in [5.74, 6) is 1.92. The Labute approximate surface area is 129 Å². The molecule has 22 heavy (non-hydrogen) atoms. The van der Waals surface area contributed by atoms with Gasteiger partial charge in [0.1, 0.15) is 0 Å². The van der Waals surface area contributed by atoms with Crippen molar-refractivity contribution in [1.82, 2.24) is 20.1 Å². The Bertz CT molecular complexity index is 616. The average Bonchev–Trinajstić information content (AvgIpc) is 3.16. The molecule has 0 saturated carbocycles. The fourth-order valence-electron chi connectivity index (χ4n) is 3.54. The summed E-state index contributed by atoms with van der Waals surface area (Å²) in [6, 6.07) is 6.07. The number of fused-ring (bicyclic) bond motifs is 1. The maximum atomic E-state index is 6.18. The van der Waals surface area contributed by atoms with E-state index in [0.717, 1.165) is 38.2 Å². The smallest absolute Gasteiger partial charge is 0.219 e. The molecule has 0 spiro atoms. The van der Waals surface area contributed by atoms with Crippen LogP contribution in [-0.2, 0) is 17.7 Å². The molecule has 4 rings (SSSR count). The van der Waals surface area contributed by atoms with E-state index in [-0.39, 0.29) is 6.10 Å². The van der Waals surface area contributed by atoms with Crippen molar-refractivity contribution >= 4 is 0 Å². The van der Waals surface area contributed by atoms with Gasteiger partial charge in [0, 0.05) is 38.7 Å². The van der Waals surface area contributed by atoms with Crippen LogP contribution in [0.1, 0.15) is 23.9 Å². The Balaban J connectivity index is 1.31. The lowest BCUT2D eigenvalue weighted by Crippen LogP contribution is -2.25. The van der Waals surface area contributed by atoms with Crippen LogP contribution in [0, 0.1) is 12.8 Å². The van der Waals surface area contributed by atoms with Crippen molar-refractivity contribution in [3.8, 4) is 0 Å². The fourth-order valence-corrected chi connectivity index (χ4v) is 3.54. The third kappa shape index (κ3) is 2.89. The first-order valence-electron chi connectivity index (χ1n) is 7.83. The Morgan fingerprint density at radius 3 is 2.95 bits per heavy atom. The number of pyridine rings is 1. The summed E-state index contributed by atoms with van der Waals surface area (Å²) in [6.45, 7) is 4.79. The SMILES string of the molecule is Cc1nnc(C[C@@H]2C[C@@H]3CN(Cc4ccccn4)C[C@@H]3O2)o1. The maximum absolute atomic E-state index is 6.18. The first-order chi connectivity index (χ1) is 10.8. The van der Waals surface area contributed by atoms with Gasteiger partial charge in [0.15, 0.2) is 0 Å². The number of ether oxygens (including phenoxy) is 1. The van der Waals surface area contributed by atoms with Crippen molar-refractivity contribution in [1.29, 1.82) is 0 Å². The molecule has 0 radical (unpaired) electrons. The number of hydrogen-bond acceptors (Lipinski definition) is 6. The summed E-state index contributed by atoms with van der Waals surface area (Å²) in [4.78, 5) is 6.83. The van der Waals surface area contributed by atoms with E-state index in [1.807, 2.05) is 25.3 Å². The lowest BCUT2D eigenvalue weighted by atomic mass is 10.0. The number of hydrogen-bond donors (Lipinski definition) is 0. The molecule has 2 aromatic heterocycles. The van der Waals surface area contributed by atoms with Gasteiger partial charge < -0.3 is 9.15 Å². The molecule has 116 valence electrons. The van der Waals surface area contributed by atoms with Gasteiger partial charge in [-0.05, 0) is 18.6 Å². The van der Waals surface area contributed by atoms with E-state index in [9.17, 15) is 0 Å². The maximum Gasteiger partial charge on any atom is 0.219 e. The molecule has 2 aliphatic heterocycles. The zero-order valence-electron chi connectivity index (χ0n) is 12.7. The Morgan fingerprint density at radius 2 is 2.23 bits per heavy atom. The predicted molar refractivity (Wildman–Crippen MR) is 79.0 cm³/mol. The van der Waals surface area contributed by atoms with Gasteiger partial charge in [-0.3, -0.25) is 9.88 Å². The Kier molecular flexibility index (Phi) is 3.63. The number of rotatable bonds is 4. The molecule has 0 bridgehead atoms. The van der Waals surface area contributed by atoms with Crippen LogP contribution in [0.4, 0.5) is 0 Å². The third-order valence-corrected chi connectivity index (χ3v) is 4.47. The fraction of sp³-hybridized carbons (Fsp3) is 0.562. The summed E-state index contributed by atoms with van der Waals surface area (Å²) >= 11 is 0. The molecule has 2 aliphatic rings. The molecule has 3 atom stereocenters. The van der Waals surface area contributed by atoms with Crippen molar-refractivity contribution in [3.05, 3.63) is 41.9 Å². The van der Waals surface area contributed by atoms with Crippen LogP contribution in [-0.4, -0.2) is 45.4 Å². The molecule has 4 heterocycles. The van der Waals surface area contributed by atoms with Crippen molar-refractivity contribution < 1.29 is 9.15 Å². The monoisotopic (exact) mass is 300 g/mol. The minimum atomic E-state index is 0.215. The highest BCUT2D eigenvalue weighted by molar-refractivity contribution is 5.05. The molecule has 2 saturated heterocycles. The number of aryl methyl sites for hydroxylation is 1. The van der Waals surface area contributed by atoms with Gasteiger partial charge in [0.25, 0.3) is 0 Å². The van der Waals surface area contributed by atoms with E-state index in [4.69, 9.17) is 9.15 Å². The molecule has 0 amide bonds. The van der Waals surface area contributed by atoms with Crippen molar-refractivity contribution in [2.75, 3.05) is 13.1 Å². The van der Waals surface area contributed by atoms with E-state index in [0.29, 0.717) is 23.8 Å². The van der Waals surface area contributed by atoms with Crippen molar-refractivity contribution in [2.24, 2.45) is 5.92 Å². The molecule has 0 aromatic carbocycles. The molecular formula is C16H20N4O2. The second-order valence-corrected chi connectivity index (χ2v) is 6.23. The molecular weight excluding hydrogens is 280 g/mol. The van der Waals surface area contributed by atoms with Crippen molar-refractivity contribution in [2.45, 2.75) is 38.5 Å². The first-order valence-corrected chi connectivity index (χ1v) is 7.83. The van der Waals surface area contributed by atoms with Gasteiger partial charge in [0.05, 0.1) is 24.3 Å². The zero-order valence-corrected chi connectivity index (χ0v) is 12.7. The standard InChI is InChI=1S/C16H20N4O2/c1-11-18-19-16(21-11)7-14-6-12-8-20(10-15(12)22-14)9-13-4-2-3-5-17-13/h2-5,12,14-15H,6-10H2,1H3/t12-,14+,15+/m1/s1. The minimum Gasteiger partial charge on any atom is -0.426 e. The second kappa shape index (κ2) is 5.78. The van der Waals surface area contributed by atoms with Crippen LogP contribution >= 0.6 is 0 Å². The zero-order chi connectivity index (χ0) is 14.9. The normalized spacial score (nSPS) is 28.1. The van der Waals surface area contributed by atoms with Crippen LogP contribution in [0.2, 0.25) is 0 Å². The highest BCUT2D eigenvalue weighted by Gasteiger charge is 2.42. The molecule has 0 N–H and O–H groups in total. The molecule has 2 aromatic rings. The number of likely N-dealkylation sites (tertiary alicyclic amines) is 1. The van der Waals surface area contributed by atoms with Gasteiger partial charge in [0.2, 0.25) is 11.8 Å². The molecule has 0 aliphatic carbocycles. The summed E-state index contributed by atoms with van der Waals surface area (Å²) in [5.41, 5.74) is 1.13. The van der Waals surface area contributed by atoms with Gasteiger partial charge in [-0.25, -0.2) is 0 Å². The van der Waals surface area contributed by atoms with Crippen LogP contribution < -0.4 is 0 Å². The molecule has 6 nitrogen and oxygen atoms in total. The second-order valence-electron chi connectivity index (χ2n) is 6.23. The van der Waals surface area contributed by atoms with E-state index >= 15 is 0 Å². The van der Waals surface area contributed by atoms with Crippen molar-refractivity contribution in [3.63, 3.8) is 0 Å². The van der Waals surface area contributed by atoms with E-state index < -0.39 is 0 Å². The Morgan fingerprint density at radius 1 is 1.27 bits per heavy atom. The summed E-state index contributed by atoms with van der Waals surface area (Å²) in [7, 11) is 0. The lowest BCUT2D eigenvalue weighted by molar-refractivity contribution is 0.0348. The van der Waals surface area contributed by atoms with Crippen LogP contribution in [0.25, 0.3) is 0 Å². The molecule has 2 fully saturated rings. The summed E-state index contributed by atoms with van der Waals surface area (Å²) < 4.78 is 11.6. The van der Waals surface area contributed by atoms with Gasteiger partial charge in [-0.2, -0.15) is 0 Å². The minimum absolute atomic E-state index is 0.215. The lowest BCUT2D eigenvalue weighted by Gasteiger charge is -2.18. The van der Waals surface area contributed by atoms with Crippen LogP contribution in [0.15, 0.2) is 28.8 Å². The summed E-state index contributed by atoms with van der Waals surface area (Å²) in [5, 5.41) is 7.93. The largest absolute Gasteiger partial charge is 0.426 e. The Hall–Kier alpha value is -1.79. The highest BCUT2D eigenvalue weighted by Crippen LogP contribution is 2.34. The third-order valence-electron chi connectivity index (χ3n) is 4.47. The van der Waals surface area contributed by atoms with E-state index in [2.05, 4.69) is 26.1 Å². The highest BCUT2D eigenvalue weighted by atomic mass is 16.5. The van der Waals surface area contributed by atoms with Gasteiger partial charge >= 0.3 is 0 Å². The molecule has 6 heteroatoms. The van der Waals surface area contributed by atoms with E-state index in [1.165, 1.54) is 0 Å². The topological polar surface area (TPSA) is 64.3 Å². The van der Waals surface area contributed by atoms with E-state index in [1.54, 1.807) is 0 Å². The van der Waals surface area contributed by atoms with Crippen LogP contribution in [0.5, 0.6) is 0 Å². The predicted octanol–water partition coefficient (Wildman–Crippen LogP) is 1.61. The average molecular weight is 300 g/mol. The quantitative estimate of drug-likeness (QED) is 0.854.